The molecule has 2 aromatic carbocycles. The van der Waals surface area contributed by atoms with Gasteiger partial charge in [-0.2, -0.15) is 13.2 Å². The van der Waals surface area contributed by atoms with Crippen molar-refractivity contribution >= 4 is 23.2 Å². The molecule has 1 heterocycles. The van der Waals surface area contributed by atoms with Crippen LogP contribution in [0, 0.1) is 0 Å². The van der Waals surface area contributed by atoms with Gasteiger partial charge in [-0.15, -0.1) is 0 Å². The second kappa shape index (κ2) is 7.68. The number of hydrogen-bond acceptors (Lipinski definition) is 2. The molecule has 0 bridgehead atoms. The Hall–Kier alpha value is -2.05. The van der Waals surface area contributed by atoms with Gasteiger partial charge in [0.05, 0.1) is 16.3 Å². The van der Waals surface area contributed by atoms with Gasteiger partial charge in [-0.25, -0.2) is 0 Å². The van der Waals surface area contributed by atoms with Crippen LogP contribution >= 0.6 is 11.6 Å². The third-order valence-electron chi connectivity index (χ3n) is 4.41. The van der Waals surface area contributed by atoms with E-state index in [2.05, 4.69) is 5.32 Å². The Labute approximate surface area is 154 Å². The molecule has 1 fully saturated rings. The highest BCUT2D eigenvalue weighted by Crippen LogP contribution is 2.31. The van der Waals surface area contributed by atoms with Gasteiger partial charge in [-0.3, -0.25) is 4.79 Å². The van der Waals surface area contributed by atoms with Gasteiger partial charge in [0.15, 0.2) is 0 Å². The van der Waals surface area contributed by atoms with E-state index in [1.54, 1.807) is 24.3 Å². The Morgan fingerprint density at radius 1 is 1.15 bits per heavy atom. The summed E-state index contributed by atoms with van der Waals surface area (Å²) in [5, 5.41) is 3.75. The average molecular weight is 383 g/mol. The Kier molecular flexibility index (Phi) is 5.53. The topological polar surface area (TPSA) is 32.3 Å². The van der Waals surface area contributed by atoms with E-state index in [0.29, 0.717) is 17.3 Å². The Bertz CT molecular complexity index is 771. The highest BCUT2D eigenvalue weighted by molar-refractivity contribution is 6.34. The standard InChI is InChI=1S/C19H18ClF3N2O/c20-16-5-1-2-6-17(16)25(12-15-4-3-11-24-15)18(26)13-7-9-14(10-8-13)19(21,22)23/h1-2,5-10,15,24H,3-4,11-12H2/t15-/m0/s1. The minimum absolute atomic E-state index is 0.129. The smallest absolute Gasteiger partial charge is 0.312 e. The fraction of sp³-hybridized carbons (Fsp3) is 0.316. The first-order valence-corrected chi connectivity index (χ1v) is 8.71. The highest BCUT2D eigenvalue weighted by Gasteiger charge is 2.31. The minimum atomic E-state index is -4.43. The molecule has 0 radical (unpaired) electrons. The maximum atomic E-state index is 13.0. The number of carbonyl (C=O) groups is 1. The first-order chi connectivity index (χ1) is 12.4. The number of halogens is 4. The van der Waals surface area contributed by atoms with Gasteiger partial charge in [0, 0.05) is 18.2 Å². The van der Waals surface area contributed by atoms with Crippen molar-refractivity contribution in [2.75, 3.05) is 18.0 Å². The largest absolute Gasteiger partial charge is 0.416 e. The maximum absolute atomic E-state index is 13.0. The number of hydrogen-bond donors (Lipinski definition) is 1. The summed E-state index contributed by atoms with van der Waals surface area (Å²) in [6.45, 7) is 1.29. The molecule has 7 heteroatoms. The van der Waals surface area contributed by atoms with Crippen molar-refractivity contribution in [3.8, 4) is 0 Å². The number of alkyl halides is 3. The normalized spacial score (nSPS) is 17.3. The first-order valence-electron chi connectivity index (χ1n) is 8.33. The van der Waals surface area contributed by atoms with Gasteiger partial charge in [0.25, 0.3) is 5.91 Å². The zero-order chi connectivity index (χ0) is 18.7. The lowest BCUT2D eigenvalue weighted by atomic mass is 10.1. The van der Waals surface area contributed by atoms with Crippen molar-refractivity contribution in [3.63, 3.8) is 0 Å². The number of anilines is 1. The second-order valence-electron chi connectivity index (χ2n) is 6.24. The van der Waals surface area contributed by atoms with E-state index >= 15 is 0 Å². The molecule has 1 amide bonds. The summed E-state index contributed by atoms with van der Waals surface area (Å²) in [5.74, 6) is -0.375. The molecule has 1 N–H and O–H groups in total. The molecule has 0 unspecified atom stereocenters. The van der Waals surface area contributed by atoms with E-state index in [0.717, 1.165) is 31.5 Å². The van der Waals surface area contributed by atoms with Gasteiger partial charge >= 0.3 is 6.18 Å². The quantitative estimate of drug-likeness (QED) is 0.827. The van der Waals surface area contributed by atoms with Crippen LogP contribution in [0.15, 0.2) is 48.5 Å². The van der Waals surface area contributed by atoms with Crippen molar-refractivity contribution in [1.82, 2.24) is 5.32 Å². The Morgan fingerprint density at radius 2 is 1.85 bits per heavy atom. The van der Waals surface area contributed by atoms with Gasteiger partial charge in [-0.1, -0.05) is 23.7 Å². The molecular formula is C19H18ClF3N2O. The molecule has 1 atom stereocenters. The van der Waals surface area contributed by atoms with Crippen LogP contribution in [0.4, 0.5) is 18.9 Å². The molecule has 26 heavy (non-hydrogen) atoms. The molecular weight excluding hydrogens is 365 g/mol. The van der Waals surface area contributed by atoms with Crippen molar-refractivity contribution < 1.29 is 18.0 Å². The summed E-state index contributed by atoms with van der Waals surface area (Å²) in [6, 6.07) is 11.3. The van der Waals surface area contributed by atoms with E-state index in [4.69, 9.17) is 11.6 Å². The number of para-hydroxylation sites is 1. The monoisotopic (exact) mass is 382 g/mol. The lowest BCUT2D eigenvalue weighted by Gasteiger charge is -2.27. The second-order valence-corrected chi connectivity index (χ2v) is 6.64. The molecule has 1 aliphatic rings. The molecule has 3 nitrogen and oxygen atoms in total. The fourth-order valence-electron chi connectivity index (χ4n) is 3.05. The van der Waals surface area contributed by atoms with E-state index in [-0.39, 0.29) is 17.5 Å². The Morgan fingerprint density at radius 3 is 2.42 bits per heavy atom. The molecule has 0 spiro atoms. The maximum Gasteiger partial charge on any atom is 0.416 e. The number of nitrogens with zero attached hydrogens (tertiary/aromatic N) is 1. The van der Waals surface area contributed by atoms with Crippen LogP contribution in [0.1, 0.15) is 28.8 Å². The molecule has 0 aliphatic carbocycles. The van der Waals surface area contributed by atoms with E-state index < -0.39 is 11.7 Å². The van der Waals surface area contributed by atoms with Crippen LogP contribution in [0.3, 0.4) is 0 Å². The molecule has 138 valence electrons. The summed E-state index contributed by atoms with van der Waals surface area (Å²) in [4.78, 5) is 14.5. The number of benzene rings is 2. The van der Waals surface area contributed by atoms with E-state index in [1.165, 1.54) is 17.0 Å². The van der Waals surface area contributed by atoms with Crippen molar-refractivity contribution in [2.45, 2.75) is 25.1 Å². The SMILES string of the molecule is O=C(c1ccc(C(F)(F)F)cc1)N(C[C@@H]1CCCN1)c1ccccc1Cl. The van der Waals surface area contributed by atoms with Crippen LogP contribution in [-0.2, 0) is 6.18 Å². The minimum Gasteiger partial charge on any atom is -0.312 e. The van der Waals surface area contributed by atoms with Crippen LogP contribution in [0.2, 0.25) is 5.02 Å². The zero-order valence-corrected chi connectivity index (χ0v) is 14.6. The van der Waals surface area contributed by atoms with Gasteiger partial charge in [0.1, 0.15) is 0 Å². The van der Waals surface area contributed by atoms with E-state index in [9.17, 15) is 18.0 Å². The fourth-order valence-corrected chi connectivity index (χ4v) is 3.29. The van der Waals surface area contributed by atoms with Crippen molar-refractivity contribution in [1.29, 1.82) is 0 Å². The van der Waals surface area contributed by atoms with E-state index in [1.807, 2.05) is 0 Å². The summed E-state index contributed by atoms with van der Waals surface area (Å²) < 4.78 is 38.2. The summed E-state index contributed by atoms with van der Waals surface area (Å²) >= 11 is 6.26. The summed E-state index contributed by atoms with van der Waals surface area (Å²) in [7, 11) is 0. The Balaban J connectivity index is 1.90. The highest BCUT2D eigenvalue weighted by atomic mass is 35.5. The molecule has 0 aromatic heterocycles. The van der Waals surface area contributed by atoms with Gasteiger partial charge in [0.2, 0.25) is 0 Å². The molecule has 1 aliphatic heterocycles. The van der Waals surface area contributed by atoms with Crippen molar-refractivity contribution in [2.24, 2.45) is 0 Å². The van der Waals surface area contributed by atoms with Crippen LogP contribution in [-0.4, -0.2) is 25.0 Å². The first kappa shape index (κ1) is 18.7. The van der Waals surface area contributed by atoms with Crippen LogP contribution in [0.25, 0.3) is 0 Å². The predicted octanol–water partition coefficient (Wildman–Crippen LogP) is 4.76. The van der Waals surface area contributed by atoms with Crippen LogP contribution < -0.4 is 10.2 Å². The van der Waals surface area contributed by atoms with Crippen molar-refractivity contribution in [3.05, 3.63) is 64.7 Å². The molecule has 0 saturated carbocycles. The molecule has 1 saturated heterocycles. The number of rotatable bonds is 4. The molecule has 3 rings (SSSR count). The number of carbonyl (C=O) groups excluding carboxylic acids is 1. The van der Waals surface area contributed by atoms with Gasteiger partial charge in [-0.05, 0) is 55.8 Å². The van der Waals surface area contributed by atoms with Crippen LogP contribution in [0.5, 0.6) is 0 Å². The predicted molar refractivity (Wildman–Crippen MR) is 95.6 cm³/mol. The third kappa shape index (κ3) is 4.19. The average Bonchev–Trinajstić information content (AvgIpc) is 3.12. The summed E-state index contributed by atoms with van der Waals surface area (Å²) in [5.41, 5.74) is -0.0421. The lowest BCUT2D eigenvalue weighted by Crippen LogP contribution is -2.41. The number of amides is 1. The third-order valence-corrected chi connectivity index (χ3v) is 4.73. The molecule has 2 aromatic rings. The lowest BCUT2D eigenvalue weighted by molar-refractivity contribution is -0.137. The zero-order valence-electron chi connectivity index (χ0n) is 13.9. The number of nitrogens with one attached hydrogen (secondary N) is 1. The summed E-state index contributed by atoms with van der Waals surface area (Å²) in [6.07, 6.45) is -2.48. The van der Waals surface area contributed by atoms with Gasteiger partial charge < -0.3 is 10.2 Å².